The molecule has 2 saturated heterocycles. The number of anilines is 1. The first-order chi connectivity index (χ1) is 15.1. The Morgan fingerprint density at radius 1 is 0.935 bits per heavy atom. The third-order valence-electron chi connectivity index (χ3n) is 6.99. The average molecular weight is 457 g/mol. The van der Waals surface area contributed by atoms with Gasteiger partial charge in [-0.25, -0.2) is 0 Å². The van der Waals surface area contributed by atoms with Gasteiger partial charge in [0.25, 0.3) is 0 Å². The zero-order chi connectivity index (χ0) is 21.4. The molecule has 5 rings (SSSR count). The second kappa shape index (κ2) is 9.01. The minimum atomic E-state index is 0.640. The van der Waals surface area contributed by atoms with Crippen LogP contribution in [0.2, 0.25) is 10.0 Å². The summed E-state index contributed by atoms with van der Waals surface area (Å²) in [7, 11) is 0. The molecule has 164 valence electrons. The van der Waals surface area contributed by atoms with Crippen LogP contribution in [0.5, 0.6) is 0 Å². The number of nitrogens with zero attached hydrogens (tertiary/aromatic N) is 4. The first-order valence-electron chi connectivity index (χ1n) is 11.5. The van der Waals surface area contributed by atoms with Crippen molar-refractivity contribution in [2.24, 2.45) is 0 Å². The maximum Gasteiger partial charge on any atom is 0.0709 e. The highest BCUT2D eigenvalue weighted by Crippen LogP contribution is 2.30. The number of benzene rings is 2. The first-order valence-corrected chi connectivity index (χ1v) is 12.2. The molecule has 6 heteroatoms. The molecule has 1 aromatic heterocycles. The van der Waals surface area contributed by atoms with E-state index in [4.69, 9.17) is 28.3 Å². The molecule has 0 saturated carbocycles. The van der Waals surface area contributed by atoms with Crippen LogP contribution >= 0.6 is 23.2 Å². The maximum atomic E-state index is 6.43. The van der Waals surface area contributed by atoms with E-state index in [0.717, 1.165) is 30.4 Å². The number of aryl methyl sites for hydroxylation is 1. The summed E-state index contributed by atoms with van der Waals surface area (Å²) in [5.74, 6) is 0. The molecule has 0 aliphatic carbocycles. The number of likely N-dealkylation sites (tertiary alicyclic amines) is 1. The molecular formula is C25H30Cl2N4. The average Bonchev–Trinajstić information content (AvgIpc) is 3.11. The Morgan fingerprint density at radius 2 is 1.71 bits per heavy atom. The van der Waals surface area contributed by atoms with Gasteiger partial charge in [0.15, 0.2) is 0 Å². The largest absolute Gasteiger partial charge is 0.371 e. The van der Waals surface area contributed by atoms with Crippen LogP contribution in [-0.2, 0) is 6.54 Å². The van der Waals surface area contributed by atoms with Gasteiger partial charge in [0.05, 0.1) is 17.8 Å². The topological polar surface area (TPSA) is 24.3 Å². The molecule has 3 aromatic rings. The van der Waals surface area contributed by atoms with E-state index in [1.54, 1.807) is 6.07 Å². The van der Waals surface area contributed by atoms with Crippen LogP contribution in [-0.4, -0.2) is 46.9 Å². The molecule has 31 heavy (non-hydrogen) atoms. The highest BCUT2D eigenvalue weighted by Gasteiger charge is 2.26. The van der Waals surface area contributed by atoms with Crippen LogP contribution in [0, 0.1) is 6.92 Å². The summed E-state index contributed by atoms with van der Waals surface area (Å²) in [5.41, 5.74) is 4.55. The van der Waals surface area contributed by atoms with Crippen LogP contribution in [0.1, 0.15) is 43.4 Å². The van der Waals surface area contributed by atoms with Gasteiger partial charge < -0.3 is 9.80 Å². The van der Waals surface area contributed by atoms with Crippen molar-refractivity contribution < 1.29 is 0 Å². The maximum absolute atomic E-state index is 6.43. The molecule has 0 radical (unpaired) electrons. The molecular weight excluding hydrogens is 427 g/mol. The number of aromatic nitrogens is 2. The fourth-order valence-electron chi connectivity index (χ4n) is 5.23. The lowest BCUT2D eigenvalue weighted by Crippen LogP contribution is -2.46. The lowest BCUT2D eigenvalue weighted by atomic mass is 9.99. The quantitative estimate of drug-likeness (QED) is 0.469. The standard InChI is InChI=1S/C25H30Cl2N4/c1-18-23-8-7-22(30-13-9-21(10-14-30)29-11-3-2-4-12-29)16-25(23)31(28-18)17-19-5-6-20(26)15-24(19)27/h5-8,15-16,21H,2-4,9-14,17H2,1H3. The smallest absolute Gasteiger partial charge is 0.0709 e. The van der Waals surface area contributed by atoms with E-state index in [1.807, 2.05) is 12.1 Å². The van der Waals surface area contributed by atoms with Crippen molar-refractivity contribution in [3.63, 3.8) is 0 Å². The van der Waals surface area contributed by atoms with Crippen molar-refractivity contribution in [3.05, 3.63) is 57.7 Å². The van der Waals surface area contributed by atoms with E-state index < -0.39 is 0 Å². The number of piperidine rings is 2. The zero-order valence-corrected chi connectivity index (χ0v) is 19.7. The SMILES string of the molecule is Cc1nn(Cc2ccc(Cl)cc2Cl)c2cc(N3CCC(N4CCCCC4)CC3)ccc12. The Balaban J connectivity index is 1.35. The Kier molecular flexibility index (Phi) is 6.14. The normalized spacial score (nSPS) is 18.7. The van der Waals surface area contributed by atoms with Crippen LogP contribution in [0.15, 0.2) is 36.4 Å². The second-order valence-corrected chi connectivity index (χ2v) is 9.84. The van der Waals surface area contributed by atoms with Crippen LogP contribution < -0.4 is 4.90 Å². The van der Waals surface area contributed by atoms with Crippen molar-refractivity contribution in [1.82, 2.24) is 14.7 Å². The fourth-order valence-corrected chi connectivity index (χ4v) is 5.70. The van der Waals surface area contributed by atoms with Crippen molar-refractivity contribution >= 4 is 39.8 Å². The molecule has 3 heterocycles. The van der Waals surface area contributed by atoms with Gasteiger partial charge in [0.1, 0.15) is 0 Å². The molecule has 2 aromatic carbocycles. The molecule has 0 bridgehead atoms. The third-order valence-corrected chi connectivity index (χ3v) is 7.58. The molecule has 2 fully saturated rings. The van der Waals surface area contributed by atoms with Crippen molar-refractivity contribution in [2.45, 2.75) is 51.6 Å². The minimum Gasteiger partial charge on any atom is -0.371 e. The van der Waals surface area contributed by atoms with E-state index >= 15 is 0 Å². The molecule has 2 aliphatic rings. The predicted molar refractivity (Wildman–Crippen MR) is 131 cm³/mol. The number of halogens is 2. The van der Waals surface area contributed by atoms with Gasteiger partial charge in [0, 0.05) is 40.3 Å². The molecule has 0 amide bonds. The van der Waals surface area contributed by atoms with Gasteiger partial charge in [-0.05, 0) is 81.6 Å². The van der Waals surface area contributed by atoms with E-state index in [2.05, 4.69) is 39.6 Å². The zero-order valence-electron chi connectivity index (χ0n) is 18.2. The van der Waals surface area contributed by atoms with Gasteiger partial charge in [-0.2, -0.15) is 5.10 Å². The summed E-state index contributed by atoms with van der Waals surface area (Å²) in [5, 5.41) is 7.36. The Labute approximate surface area is 194 Å². The summed E-state index contributed by atoms with van der Waals surface area (Å²) >= 11 is 12.5. The Bertz CT molecular complexity index is 1060. The van der Waals surface area contributed by atoms with Gasteiger partial charge in [0.2, 0.25) is 0 Å². The van der Waals surface area contributed by atoms with Gasteiger partial charge in [-0.15, -0.1) is 0 Å². The summed E-state index contributed by atoms with van der Waals surface area (Å²) in [4.78, 5) is 5.28. The van der Waals surface area contributed by atoms with Crippen molar-refractivity contribution in [3.8, 4) is 0 Å². The van der Waals surface area contributed by atoms with Gasteiger partial charge in [-0.3, -0.25) is 4.68 Å². The number of hydrogen-bond donors (Lipinski definition) is 0. The molecule has 2 aliphatic heterocycles. The van der Waals surface area contributed by atoms with E-state index in [1.165, 1.54) is 61.8 Å². The van der Waals surface area contributed by atoms with E-state index in [9.17, 15) is 0 Å². The fraction of sp³-hybridized carbons (Fsp3) is 0.480. The van der Waals surface area contributed by atoms with E-state index in [0.29, 0.717) is 16.6 Å². The minimum absolute atomic E-state index is 0.640. The van der Waals surface area contributed by atoms with Crippen LogP contribution in [0.3, 0.4) is 0 Å². The van der Waals surface area contributed by atoms with E-state index in [-0.39, 0.29) is 0 Å². The first kappa shape index (κ1) is 21.1. The summed E-state index contributed by atoms with van der Waals surface area (Å²) in [6.07, 6.45) is 6.67. The predicted octanol–water partition coefficient (Wildman–Crippen LogP) is 6.15. The Hall–Kier alpha value is -1.75. The number of rotatable bonds is 4. The van der Waals surface area contributed by atoms with Crippen LogP contribution in [0.4, 0.5) is 5.69 Å². The molecule has 0 unspecified atom stereocenters. The second-order valence-electron chi connectivity index (χ2n) is 9.00. The highest BCUT2D eigenvalue weighted by atomic mass is 35.5. The molecule has 0 spiro atoms. The highest BCUT2D eigenvalue weighted by molar-refractivity contribution is 6.35. The summed E-state index contributed by atoms with van der Waals surface area (Å²) in [6, 6.07) is 13.2. The Morgan fingerprint density at radius 3 is 2.45 bits per heavy atom. The van der Waals surface area contributed by atoms with Crippen molar-refractivity contribution in [2.75, 3.05) is 31.1 Å². The monoisotopic (exact) mass is 456 g/mol. The van der Waals surface area contributed by atoms with Crippen LogP contribution in [0.25, 0.3) is 10.9 Å². The lowest BCUT2D eigenvalue weighted by molar-refractivity contribution is 0.141. The molecule has 0 N–H and O–H groups in total. The molecule has 0 atom stereocenters. The van der Waals surface area contributed by atoms with Gasteiger partial charge in [-0.1, -0.05) is 35.7 Å². The summed E-state index contributed by atoms with van der Waals surface area (Å²) in [6.45, 7) is 7.56. The molecule has 4 nitrogen and oxygen atoms in total. The lowest BCUT2D eigenvalue weighted by Gasteiger charge is -2.41. The third kappa shape index (κ3) is 4.44. The van der Waals surface area contributed by atoms with Crippen molar-refractivity contribution in [1.29, 1.82) is 0 Å². The number of hydrogen-bond acceptors (Lipinski definition) is 3. The van der Waals surface area contributed by atoms with Gasteiger partial charge >= 0.3 is 0 Å². The summed E-state index contributed by atoms with van der Waals surface area (Å²) < 4.78 is 2.07. The number of fused-ring (bicyclic) bond motifs is 1.